The molecule has 7 rings (SSSR count). The Kier molecular flexibility index (Phi) is 7.42. The minimum Gasteiger partial charge on any atom is -0.478 e. The number of carbonyl (C=O) groups is 1. The van der Waals surface area contributed by atoms with Crippen molar-refractivity contribution in [1.29, 1.82) is 0 Å². The van der Waals surface area contributed by atoms with Crippen molar-refractivity contribution in [2.45, 2.75) is 13.8 Å². The zero-order chi connectivity index (χ0) is 31.8. The maximum atomic E-state index is 13.8. The lowest BCUT2D eigenvalue weighted by molar-refractivity contribution is 0.0697. The van der Waals surface area contributed by atoms with Crippen molar-refractivity contribution in [3.05, 3.63) is 137 Å². The molecule has 2 aromatic heterocycles. The van der Waals surface area contributed by atoms with Gasteiger partial charge in [0.15, 0.2) is 5.39 Å². The van der Waals surface area contributed by atoms with Gasteiger partial charge in [0, 0.05) is 41.4 Å². The van der Waals surface area contributed by atoms with Crippen LogP contribution in [-0.4, -0.2) is 24.2 Å². The molecule has 0 atom stereocenters. The van der Waals surface area contributed by atoms with Gasteiger partial charge in [-0.05, 0) is 80.1 Å². The second-order valence-electron chi connectivity index (χ2n) is 11.0. The minimum absolute atomic E-state index is 0.0803. The molecule has 0 aliphatic rings. The number of fused-ring (bicyclic) bond motifs is 4. The average Bonchev–Trinajstić information content (AvgIpc) is 3.09. The molecule has 2 heterocycles. The van der Waals surface area contributed by atoms with Gasteiger partial charge < -0.3 is 19.3 Å². The number of para-hydroxylation sites is 2. The first-order valence-electron chi connectivity index (χ1n) is 15.3. The van der Waals surface area contributed by atoms with Gasteiger partial charge in [-0.1, -0.05) is 54.6 Å². The van der Waals surface area contributed by atoms with Gasteiger partial charge in [0.2, 0.25) is 0 Å². The molecule has 226 valence electrons. The van der Waals surface area contributed by atoms with Crippen molar-refractivity contribution in [1.82, 2.24) is 0 Å². The van der Waals surface area contributed by atoms with Crippen LogP contribution in [0.2, 0.25) is 0 Å². The molecule has 7 nitrogen and oxygen atoms in total. The van der Waals surface area contributed by atoms with Crippen LogP contribution in [0, 0.1) is 0 Å². The highest BCUT2D eigenvalue weighted by molar-refractivity contribution is 6.16. The number of carboxylic acid groups (broad SMARTS) is 1. The second kappa shape index (κ2) is 11.9. The third-order valence-corrected chi connectivity index (χ3v) is 8.38. The molecule has 1 N–H and O–H groups in total. The Morgan fingerprint density at radius 1 is 0.717 bits per heavy atom. The van der Waals surface area contributed by atoms with E-state index >= 15 is 0 Å². The molecule has 46 heavy (non-hydrogen) atoms. The third-order valence-electron chi connectivity index (χ3n) is 8.38. The van der Waals surface area contributed by atoms with Crippen molar-refractivity contribution >= 4 is 61.6 Å². The Labute approximate surface area is 265 Å². The minimum atomic E-state index is -1.09. The van der Waals surface area contributed by atoms with E-state index in [-0.39, 0.29) is 10.9 Å². The van der Waals surface area contributed by atoms with Gasteiger partial charge in [-0.15, -0.1) is 0 Å². The Balaban J connectivity index is 1.60. The van der Waals surface area contributed by atoms with Crippen LogP contribution in [0.3, 0.4) is 0 Å². The van der Waals surface area contributed by atoms with E-state index in [1.807, 2.05) is 91.0 Å². The molecule has 0 aliphatic heterocycles. The standard InChI is InChI=1S/C39H30N2O5/c1-3-40(4-2)27-19-21-31-34(24-27)45-37-32-23-28(41(25-13-7-5-8-14-25)26-15-9-6-10-16-26)20-22-33(32)46-39(44)36(37)35(31)29-17-11-12-18-30(29)38(42)43/h5-24H,3-4H2,1-2H3/p+1. The quantitative estimate of drug-likeness (QED) is 0.0797. The van der Waals surface area contributed by atoms with Gasteiger partial charge in [-0.25, -0.2) is 14.0 Å². The Morgan fingerprint density at radius 3 is 2.00 bits per heavy atom. The summed E-state index contributed by atoms with van der Waals surface area (Å²) in [5, 5.41) is 11.6. The van der Waals surface area contributed by atoms with Crippen LogP contribution in [0.15, 0.2) is 135 Å². The SMILES string of the molecule is CCN(CC)c1ccc2c(-c3ccccc3C(=O)O)c3c(=O)oc4ccc(N(c5ccccc5)c5ccccc5)cc4c3[o+]c2c1. The first-order chi connectivity index (χ1) is 22.5. The summed E-state index contributed by atoms with van der Waals surface area (Å²) in [6, 6.07) is 38.2. The van der Waals surface area contributed by atoms with E-state index in [0.29, 0.717) is 38.6 Å². The molecule has 7 heteroatoms. The number of aromatic carboxylic acids is 1. The van der Waals surface area contributed by atoms with E-state index in [1.54, 1.807) is 30.3 Å². The van der Waals surface area contributed by atoms with Crippen LogP contribution in [0.5, 0.6) is 0 Å². The summed E-state index contributed by atoms with van der Waals surface area (Å²) in [4.78, 5) is 30.6. The summed E-state index contributed by atoms with van der Waals surface area (Å²) in [5.74, 6) is -1.09. The summed E-state index contributed by atoms with van der Waals surface area (Å²) in [6.07, 6.45) is 0. The number of benzene rings is 5. The average molecular weight is 608 g/mol. The fourth-order valence-corrected chi connectivity index (χ4v) is 6.22. The molecule has 0 saturated carbocycles. The van der Waals surface area contributed by atoms with Crippen LogP contribution in [0.4, 0.5) is 22.7 Å². The molecule has 0 radical (unpaired) electrons. The zero-order valence-corrected chi connectivity index (χ0v) is 25.4. The predicted molar refractivity (Wildman–Crippen MR) is 185 cm³/mol. The third kappa shape index (κ3) is 4.92. The van der Waals surface area contributed by atoms with E-state index in [9.17, 15) is 14.7 Å². The zero-order valence-electron chi connectivity index (χ0n) is 25.4. The highest BCUT2D eigenvalue weighted by Gasteiger charge is 2.30. The number of anilines is 4. The van der Waals surface area contributed by atoms with Crippen LogP contribution < -0.4 is 15.4 Å². The lowest BCUT2D eigenvalue weighted by atomic mass is 9.93. The second-order valence-corrected chi connectivity index (χ2v) is 11.0. The highest BCUT2D eigenvalue weighted by Crippen LogP contribution is 2.42. The van der Waals surface area contributed by atoms with Gasteiger partial charge in [0.05, 0.1) is 17.0 Å². The molecular weight excluding hydrogens is 576 g/mol. The molecule has 7 aromatic rings. The number of hydrogen-bond acceptors (Lipinski definition) is 5. The fraction of sp³-hybridized carbons (Fsp3) is 0.103. The molecule has 0 aliphatic carbocycles. The Morgan fingerprint density at radius 2 is 1.35 bits per heavy atom. The van der Waals surface area contributed by atoms with E-state index < -0.39 is 11.6 Å². The molecule has 0 unspecified atom stereocenters. The van der Waals surface area contributed by atoms with Crippen LogP contribution in [0.25, 0.3) is 44.0 Å². The van der Waals surface area contributed by atoms with Crippen LogP contribution in [0.1, 0.15) is 24.2 Å². The molecule has 5 aromatic carbocycles. The van der Waals surface area contributed by atoms with Gasteiger partial charge >= 0.3 is 22.8 Å². The topological polar surface area (TPSA) is 85.3 Å². The lowest BCUT2D eigenvalue weighted by Gasteiger charge is -2.25. The van der Waals surface area contributed by atoms with E-state index in [4.69, 9.17) is 8.83 Å². The Bertz CT molecular complexity index is 2260. The van der Waals surface area contributed by atoms with Crippen molar-refractivity contribution in [3.63, 3.8) is 0 Å². The number of carboxylic acids is 1. The highest BCUT2D eigenvalue weighted by atomic mass is 16.4. The van der Waals surface area contributed by atoms with E-state index in [2.05, 4.69) is 23.6 Å². The maximum absolute atomic E-state index is 13.8. The molecular formula is C39H31N2O5+. The van der Waals surface area contributed by atoms with Gasteiger partial charge in [-0.3, -0.25) is 0 Å². The van der Waals surface area contributed by atoms with Crippen molar-refractivity contribution < 1.29 is 18.7 Å². The van der Waals surface area contributed by atoms with Crippen LogP contribution >= 0.6 is 0 Å². The normalized spacial score (nSPS) is 11.3. The largest absolute Gasteiger partial charge is 0.478 e. The summed E-state index contributed by atoms with van der Waals surface area (Å²) >= 11 is 0. The monoisotopic (exact) mass is 607 g/mol. The fourth-order valence-electron chi connectivity index (χ4n) is 6.22. The summed E-state index contributed by atoms with van der Waals surface area (Å²) < 4.78 is 12.6. The van der Waals surface area contributed by atoms with Gasteiger partial charge in [-0.2, -0.15) is 0 Å². The number of rotatable bonds is 8. The van der Waals surface area contributed by atoms with Crippen molar-refractivity contribution in [2.24, 2.45) is 0 Å². The van der Waals surface area contributed by atoms with Crippen LogP contribution in [-0.2, 0) is 0 Å². The first kappa shape index (κ1) is 28.8. The molecule has 0 amide bonds. The predicted octanol–water partition coefficient (Wildman–Crippen LogP) is 9.65. The van der Waals surface area contributed by atoms with Gasteiger partial charge in [0.1, 0.15) is 11.0 Å². The molecule has 0 bridgehead atoms. The summed E-state index contributed by atoms with van der Waals surface area (Å²) in [6.45, 7) is 5.78. The van der Waals surface area contributed by atoms with E-state index in [0.717, 1.165) is 35.8 Å². The van der Waals surface area contributed by atoms with E-state index in [1.165, 1.54) is 0 Å². The number of nitrogens with zero attached hydrogens (tertiary/aromatic N) is 2. The molecule has 0 saturated heterocycles. The maximum Gasteiger partial charge on any atom is 0.379 e. The summed E-state index contributed by atoms with van der Waals surface area (Å²) in [5.41, 5.74) is 5.28. The Hall–Kier alpha value is -5.95. The van der Waals surface area contributed by atoms with Crippen molar-refractivity contribution in [3.8, 4) is 11.1 Å². The van der Waals surface area contributed by atoms with Crippen molar-refractivity contribution in [2.75, 3.05) is 22.9 Å². The summed E-state index contributed by atoms with van der Waals surface area (Å²) in [7, 11) is 0. The number of hydrogen-bond donors (Lipinski definition) is 1. The van der Waals surface area contributed by atoms with Gasteiger partial charge in [0.25, 0.3) is 0 Å². The molecule has 0 spiro atoms. The molecule has 0 fully saturated rings. The smallest absolute Gasteiger partial charge is 0.379 e. The lowest BCUT2D eigenvalue weighted by Crippen LogP contribution is -2.21. The first-order valence-corrected chi connectivity index (χ1v) is 15.3.